The zero-order valence-electron chi connectivity index (χ0n) is 14.5. The van der Waals surface area contributed by atoms with Crippen LogP contribution >= 0.6 is 11.3 Å². The van der Waals surface area contributed by atoms with Crippen LogP contribution in [-0.2, 0) is 11.3 Å². The molecule has 2 fully saturated rings. The van der Waals surface area contributed by atoms with Crippen molar-refractivity contribution in [1.82, 2.24) is 9.80 Å². The summed E-state index contributed by atoms with van der Waals surface area (Å²) in [6.07, 6.45) is 2.24. The Morgan fingerprint density at radius 3 is 2.62 bits per heavy atom. The summed E-state index contributed by atoms with van der Waals surface area (Å²) in [7, 11) is 0. The van der Waals surface area contributed by atoms with Crippen LogP contribution in [0.5, 0.6) is 0 Å². The maximum absolute atomic E-state index is 13.4. The summed E-state index contributed by atoms with van der Waals surface area (Å²) < 4.78 is 13.4. The van der Waals surface area contributed by atoms with Crippen molar-refractivity contribution in [1.29, 1.82) is 0 Å². The molecule has 0 unspecified atom stereocenters. The van der Waals surface area contributed by atoms with Crippen molar-refractivity contribution in [3.63, 3.8) is 0 Å². The van der Waals surface area contributed by atoms with Gasteiger partial charge in [0.1, 0.15) is 5.82 Å². The molecule has 0 aliphatic carbocycles. The van der Waals surface area contributed by atoms with Crippen LogP contribution in [0.4, 0.5) is 4.39 Å². The van der Waals surface area contributed by atoms with Gasteiger partial charge >= 0.3 is 0 Å². The van der Waals surface area contributed by atoms with E-state index in [-0.39, 0.29) is 23.0 Å². The van der Waals surface area contributed by atoms with Crippen LogP contribution in [0.3, 0.4) is 0 Å². The average molecular weight is 372 g/mol. The minimum absolute atomic E-state index is 0.0585. The molecule has 0 saturated carbocycles. The van der Waals surface area contributed by atoms with E-state index in [1.807, 2.05) is 32.7 Å². The summed E-state index contributed by atoms with van der Waals surface area (Å²) in [4.78, 5) is 29.2. The highest BCUT2D eigenvalue weighted by atomic mass is 32.1. The topological polar surface area (TPSA) is 40.6 Å². The van der Waals surface area contributed by atoms with Gasteiger partial charge < -0.3 is 9.80 Å². The van der Waals surface area contributed by atoms with Crippen molar-refractivity contribution < 1.29 is 14.0 Å². The molecule has 4 nitrogen and oxygen atoms in total. The molecule has 26 heavy (non-hydrogen) atoms. The number of piperidine rings is 1. The number of thiophene rings is 1. The Morgan fingerprint density at radius 2 is 1.92 bits per heavy atom. The Labute approximate surface area is 156 Å². The first kappa shape index (κ1) is 17.2. The molecular weight excluding hydrogens is 351 g/mol. The molecule has 1 spiro atoms. The Hall–Kier alpha value is -2.21. The van der Waals surface area contributed by atoms with Crippen molar-refractivity contribution in [2.75, 3.05) is 19.6 Å². The number of nitrogens with zero attached hydrogens (tertiary/aromatic N) is 2. The Balaban J connectivity index is 1.40. The van der Waals surface area contributed by atoms with Gasteiger partial charge in [0.05, 0.1) is 11.0 Å². The van der Waals surface area contributed by atoms with E-state index in [2.05, 4.69) is 0 Å². The number of amides is 2. The van der Waals surface area contributed by atoms with E-state index in [9.17, 15) is 14.0 Å². The minimum Gasteiger partial charge on any atom is -0.339 e. The lowest BCUT2D eigenvalue weighted by Gasteiger charge is -2.38. The van der Waals surface area contributed by atoms with E-state index >= 15 is 0 Å². The SMILES string of the molecule is O=C(c1ccsc1)N1CCC2(CC1)CCN(Cc1cccc(F)c1)C2=O. The molecule has 1 aromatic heterocycles. The van der Waals surface area contributed by atoms with Gasteiger partial charge in [-0.05, 0) is 48.4 Å². The van der Waals surface area contributed by atoms with Gasteiger partial charge in [-0.25, -0.2) is 4.39 Å². The van der Waals surface area contributed by atoms with Crippen LogP contribution < -0.4 is 0 Å². The van der Waals surface area contributed by atoms with Crippen LogP contribution in [0.1, 0.15) is 35.2 Å². The quantitative estimate of drug-likeness (QED) is 0.827. The first-order valence-corrected chi connectivity index (χ1v) is 9.87. The van der Waals surface area contributed by atoms with Gasteiger partial charge in [0.25, 0.3) is 5.91 Å². The van der Waals surface area contributed by atoms with E-state index in [1.165, 1.54) is 23.5 Å². The number of carbonyl (C=O) groups is 2. The molecule has 3 heterocycles. The third-order valence-electron chi connectivity index (χ3n) is 5.64. The monoisotopic (exact) mass is 372 g/mol. The number of likely N-dealkylation sites (tertiary alicyclic amines) is 2. The molecule has 2 saturated heterocycles. The lowest BCUT2D eigenvalue weighted by atomic mass is 9.77. The normalized spacial score (nSPS) is 19.3. The van der Waals surface area contributed by atoms with Crippen molar-refractivity contribution in [2.45, 2.75) is 25.8 Å². The summed E-state index contributed by atoms with van der Waals surface area (Å²) in [5.41, 5.74) is 1.20. The van der Waals surface area contributed by atoms with Crippen molar-refractivity contribution in [2.24, 2.45) is 5.41 Å². The van der Waals surface area contributed by atoms with Crippen molar-refractivity contribution >= 4 is 23.2 Å². The standard InChI is InChI=1S/C20H21FN2O2S/c21-17-3-1-2-15(12-17)13-23-10-7-20(19(23)25)5-8-22(9-6-20)18(24)16-4-11-26-14-16/h1-4,11-12,14H,5-10,13H2. The van der Waals surface area contributed by atoms with Crippen molar-refractivity contribution in [3.8, 4) is 0 Å². The summed E-state index contributed by atoms with van der Waals surface area (Å²) in [6.45, 7) is 2.40. The number of hydrogen-bond acceptors (Lipinski definition) is 3. The summed E-state index contributed by atoms with van der Waals surface area (Å²) in [5.74, 6) is -0.0586. The highest BCUT2D eigenvalue weighted by molar-refractivity contribution is 7.08. The molecular formula is C20H21FN2O2S. The number of halogens is 1. The zero-order chi connectivity index (χ0) is 18.1. The Bertz CT molecular complexity index is 813. The lowest BCUT2D eigenvalue weighted by Crippen LogP contribution is -2.46. The highest BCUT2D eigenvalue weighted by Gasteiger charge is 2.48. The second-order valence-corrected chi connectivity index (χ2v) is 7.97. The fraction of sp³-hybridized carbons (Fsp3) is 0.400. The Morgan fingerprint density at radius 1 is 1.15 bits per heavy atom. The van der Waals surface area contributed by atoms with Gasteiger partial charge in [-0.15, -0.1) is 0 Å². The second kappa shape index (κ2) is 6.83. The first-order valence-electron chi connectivity index (χ1n) is 8.93. The number of carbonyl (C=O) groups excluding carboxylic acids is 2. The van der Waals surface area contributed by atoms with Gasteiger partial charge in [0.2, 0.25) is 5.91 Å². The van der Waals surface area contributed by atoms with E-state index in [4.69, 9.17) is 0 Å². The van der Waals surface area contributed by atoms with E-state index in [0.29, 0.717) is 39.0 Å². The van der Waals surface area contributed by atoms with Gasteiger partial charge in [-0.3, -0.25) is 9.59 Å². The largest absolute Gasteiger partial charge is 0.339 e. The summed E-state index contributed by atoms with van der Waals surface area (Å²) in [6, 6.07) is 8.27. The van der Waals surface area contributed by atoms with E-state index in [0.717, 1.165) is 17.5 Å². The summed E-state index contributed by atoms with van der Waals surface area (Å²) >= 11 is 1.52. The molecule has 2 aromatic rings. The van der Waals surface area contributed by atoms with Crippen LogP contribution in [-0.4, -0.2) is 41.2 Å². The van der Waals surface area contributed by atoms with Crippen LogP contribution in [0.2, 0.25) is 0 Å². The van der Waals surface area contributed by atoms with Crippen LogP contribution in [0.15, 0.2) is 41.1 Å². The summed E-state index contributed by atoms with van der Waals surface area (Å²) in [5, 5.41) is 3.78. The molecule has 2 amide bonds. The highest BCUT2D eigenvalue weighted by Crippen LogP contribution is 2.42. The third kappa shape index (κ3) is 3.14. The molecule has 0 radical (unpaired) electrons. The molecule has 2 aliphatic heterocycles. The smallest absolute Gasteiger partial charge is 0.254 e. The van der Waals surface area contributed by atoms with Crippen LogP contribution in [0, 0.1) is 11.2 Å². The minimum atomic E-state index is -0.348. The lowest BCUT2D eigenvalue weighted by molar-refractivity contribution is -0.138. The van der Waals surface area contributed by atoms with Gasteiger partial charge in [-0.2, -0.15) is 11.3 Å². The molecule has 0 N–H and O–H groups in total. The van der Waals surface area contributed by atoms with Crippen LogP contribution in [0.25, 0.3) is 0 Å². The molecule has 2 aliphatic rings. The molecule has 4 rings (SSSR count). The maximum atomic E-state index is 13.4. The maximum Gasteiger partial charge on any atom is 0.254 e. The van der Waals surface area contributed by atoms with Crippen molar-refractivity contribution in [3.05, 3.63) is 58.0 Å². The number of hydrogen-bond donors (Lipinski definition) is 0. The second-order valence-electron chi connectivity index (χ2n) is 7.19. The Kier molecular flexibility index (Phi) is 4.53. The molecule has 136 valence electrons. The number of rotatable bonds is 3. The fourth-order valence-electron chi connectivity index (χ4n) is 4.07. The molecule has 1 aromatic carbocycles. The predicted molar refractivity (Wildman–Crippen MR) is 98.3 cm³/mol. The average Bonchev–Trinajstić information content (AvgIpc) is 3.27. The molecule has 0 atom stereocenters. The fourth-order valence-corrected chi connectivity index (χ4v) is 4.70. The van der Waals surface area contributed by atoms with E-state index in [1.54, 1.807) is 6.07 Å². The number of benzene rings is 1. The van der Waals surface area contributed by atoms with E-state index < -0.39 is 0 Å². The first-order chi connectivity index (χ1) is 12.6. The molecule has 0 bridgehead atoms. The van der Waals surface area contributed by atoms with Gasteiger partial charge in [0, 0.05) is 31.6 Å². The predicted octanol–water partition coefficient (Wildman–Crippen LogP) is 3.54. The zero-order valence-corrected chi connectivity index (χ0v) is 15.3. The van der Waals surface area contributed by atoms with Gasteiger partial charge in [0.15, 0.2) is 0 Å². The van der Waals surface area contributed by atoms with Gasteiger partial charge in [-0.1, -0.05) is 12.1 Å². The third-order valence-corrected chi connectivity index (χ3v) is 6.32. The molecule has 6 heteroatoms.